The molecule has 14 heavy (non-hydrogen) atoms. The third-order valence-corrected chi connectivity index (χ3v) is 1.91. The molecule has 2 aromatic heterocycles. The van der Waals surface area contributed by atoms with Gasteiger partial charge in [-0.3, -0.25) is 9.36 Å². The first-order valence-electron chi connectivity index (χ1n) is 4.04. The summed E-state index contributed by atoms with van der Waals surface area (Å²) < 4.78 is 1.48. The van der Waals surface area contributed by atoms with Crippen molar-refractivity contribution in [1.29, 1.82) is 0 Å². The van der Waals surface area contributed by atoms with E-state index < -0.39 is 5.56 Å². The fourth-order valence-electron chi connectivity index (χ4n) is 1.30. The quantitative estimate of drug-likeness (QED) is 0.551. The van der Waals surface area contributed by atoms with Gasteiger partial charge in [0.1, 0.15) is 0 Å². The second-order valence-electron chi connectivity index (χ2n) is 2.75. The number of hydrogen-bond donors (Lipinski definition) is 3. The van der Waals surface area contributed by atoms with Crippen molar-refractivity contribution in [2.75, 3.05) is 12.3 Å². The number of aromatic amines is 1. The molecule has 0 aromatic carbocycles. The highest BCUT2D eigenvalue weighted by atomic mass is 16.3. The smallest absolute Gasteiger partial charge is 0.300 e. The minimum absolute atomic E-state index is 0.0589. The molecule has 4 N–H and O–H groups in total. The molecule has 0 aliphatic carbocycles. The number of nitrogens with two attached hydrogens (primary N) is 1. The van der Waals surface area contributed by atoms with Gasteiger partial charge in [-0.1, -0.05) is 0 Å². The lowest BCUT2D eigenvalue weighted by Gasteiger charge is -2.06. The Morgan fingerprint density at radius 3 is 3.14 bits per heavy atom. The summed E-state index contributed by atoms with van der Waals surface area (Å²) in [5.41, 5.74) is 5.79. The first-order chi connectivity index (χ1) is 6.74. The number of imidazole rings is 1. The highest BCUT2D eigenvalue weighted by Crippen LogP contribution is 2.07. The summed E-state index contributed by atoms with van der Waals surface area (Å²) in [7, 11) is 0. The minimum atomic E-state index is -0.441. The lowest BCUT2D eigenvalue weighted by Crippen LogP contribution is -2.19. The summed E-state index contributed by atoms with van der Waals surface area (Å²) in [5.74, 6) is 0.0589. The second kappa shape index (κ2) is 3.11. The van der Waals surface area contributed by atoms with Crippen molar-refractivity contribution in [1.82, 2.24) is 19.5 Å². The number of aliphatic hydroxyl groups excluding tert-OH is 1. The van der Waals surface area contributed by atoms with E-state index >= 15 is 0 Å². The number of nitrogen functional groups attached to an aromatic ring is 1. The van der Waals surface area contributed by atoms with E-state index in [-0.39, 0.29) is 19.1 Å². The van der Waals surface area contributed by atoms with Crippen molar-refractivity contribution in [3.8, 4) is 0 Å². The van der Waals surface area contributed by atoms with Gasteiger partial charge in [-0.05, 0) is 0 Å². The number of fused-ring (bicyclic) bond motifs is 1. The van der Waals surface area contributed by atoms with Gasteiger partial charge in [0.25, 0.3) is 0 Å². The zero-order chi connectivity index (χ0) is 10.1. The van der Waals surface area contributed by atoms with Crippen LogP contribution in [0.3, 0.4) is 0 Å². The Labute approximate surface area is 78.2 Å². The van der Waals surface area contributed by atoms with Crippen LogP contribution in [0.4, 0.5) is 5.95 Å². The zero-order valence-electron chi connectivity index (χ0n) is 7.27. The molecule has 0 aliphatic heterocycles. The van der Waals surface area contributed by atoms with Crippen molar-refractivity contribution < 1.29 is 5.11 Å². The van der Waals surface area contributed by atoms with Gasteiger partial charge in [-0.15, -0.1) is 0 Å². The third-order valence-electron chi connectivity index (χ3n) is 1.91. The normalized spacial score (nSPS) is 10.9. The largest absolute Gasteiger partial charge is 0.395 e. The summed E-state index contributed by atoms with van der Waals surface area (Å²) in [4.78, 5) is 21.5. The predicted molar refractivity (Wildman–Crippen MR) is 49.6 cm³/mol. The summed E-state index contributed by atoms with van der Waals surface area (Å²) in [6, 6.07) is 0. The maximum atomic E-state index is 11.3. The Morgan fingerprint density at radius 1 is 1.64 bits per heavy atom. The standard InChI is InChI=1S/C7H9N5O2/c8-7-11-6(14)4-5(10-3-9-4)12(7)1-2-13/h3,13H,1-2H2,(H,9,10)(H2,8,11,14). The van der Waals surface area contributed by atoms with Gasteiger partial charge in [0.15, 0.2) is 11.2 Å². The Bertz CT molecular complexity index is 514. The number of rotatable bonds is 2. The Kier molecular flexibility index (Phi) is 1.93. The van der Waals surface area contributed by atoms with Crippen LogP contribution in [0, 0.1) is 0 Å². The maximum absolute atomic E-state index is 11.3. The van der Waals surface area contributed by atoms with E-state index in [9.17, 15) is 4.79 Å². The van der Waals surface area contributed by atoms with E-state index in [2.05, 4.69) is 15.0 Å². The van der Waals surface area contributed by atoms with Gasteiger partial charge in [0.2, 0.25) is 5.95 Å². The first-order valence-corrected chi connectivity index (χ1v) is 4.04. The zero-order valence-corrected chi connectivity index (χ0v) is 7.27. The summed E-state index contributed by atoms with van der Waals surface area (Å²) >= 11 is 0. The molecule has 0 fully saturated rings. The lowest BCUT2D eigenvalue weighted by molar-refractivity contribution is 0.278. The molecule has 0 saturated heterocycles. The molecule has 0 atom stereocenters. The van der Waals surface area contributed by atoms with Crippen LogP contribution in [-0.2, 0) is 6.54 Å². The van der Waals surface area contributed by atoms with Crippen LogP contribution in [0.25, 0.3) is 11.2 Å². The second-order valence-corrected chi connectivity index (χ2v) is 2.75. The molecule has 0 bridgehead atoms. The molecule has 0 amide bonds. The Hall–Kier alpha value is -1.89. The van der Waals surface area contributed by atoms with Crippen molar-refractivity contribution >= 4 is 17.1 Å². The molecule has 2 heterocycles. The van der Waals surface area contributed by atoms with Crippen LogP contribution in [0.15, 0.2) is 11.1 Å². The number of aliphatic hydroxyl groups is 1. The molecule has 0 saturated carbocycles. The van der Waals surface area contributed by atoms with E-state index in [0.29, 0.717) is 11.2 Å². The van der Waals surface area contributed by atoms with Crippen molar-refractivity contribution in [2.24, 2.45) is 0 Å². The molecule has 7 nitrogen and oxygen atoms in total. The van der Waals surface area contributed by atoms with Crippen molar-refractivity contribution in [3.63, 3.8) is 0 Å². The number of anilines is 1. The number of hydrogen-bond acceptors (Lipinski definition) is 5. The van der Waals surface area contributed by atoms with E-state index in [0.717, 1.165) is 0 Å². The van der Waals surface area contributed by atoms with Crippen LogP contribution in [0.2, 0.25) is 0 Å². The summed E-state index contributed by atoms with van der Waals surface area (Å²) in [6.07, 6.45) is 1.39. The van der Waals surface area contributed by atoms with E-state index in [1.807, 2.05) is 0 Å². The van der Waals surface area contributed by atoms with E-state index in [1.54, 1.807) is 0 Å². The minimum Gasteiger partial charge on any atom is -0.395 e. The van der Waals surface area contributed by atoms with Gasteiger partial charge < -0.3 is 15.8 Å². The maximum Gasteiger partial charge on any atom is 0.300 e. The van der Waals surface area contributed by atoms with Crippen molar-refractivity contribution in [3.05, 3.63) is 16.7 Å². The number of nitrogens with one attached hydrogen (secondary N) is 1. The van der Waals surface area contributed by atoms with E-state index in [1.165, 1.54) is 10.9 Å². The van der Waals surface area contributed by atoms with Gasteiger partial charge in [0.05, 0.1) is 19.5 Å². The monoisotopic (exact) mass is 195 g/mol. The Morgan fingerprint density at radius 2 is 2.43 bits per heavy atom. The molecule has 2 aromatic rings. The van der Waals surface area contributed by atoms with Crippen LogP contribution < -0.4 is 11.3 Å². The first kappa shape index (κ1) is 8.70. The van der Waals surface area contributed by atoms with Gasteiger partial charge in [-0.2, -0.15) is 4.98 Å². The van der Waals surface area contributed by atoms with Crippen LogP contribution in [0.1, 0.15) is 0 Å². The molecule has 0 radical (unpaired) electrons. The molecular formula is C7H9N5O2. The predicted octanol–water partition coefficient (Wildman–Crippen LogP) is -1.31. The Balaban J connectivity index is 2.79. The molecular weight excluding hydrogens is 186 g/mol. The molecule has 0 aliphatic rings. The SMILES string of the molecule is Nc1nc(=O)c2[nH]cnc2n1CCO. The number of H-pyrrole nitrogens is 1. The molecule has 0 spiro atoms. The molecule has 74 valence electrons. The highest BCUT2D eigenvalue weighted by Gasteiger charge is 2.09. The lowest BCUT2D eigenvalue weighted by atomic mass is 10.5. The van der Waals surface area contributed by atoms with Crippen LogP contribution >= 0.6 is 0 Å². The highest BCUT2D eigenvalue weighted by molar-refractivity contribution is 5.70. The molecule has 0 unspecified atom stereocenters. The van der Waals surface area contributed by atoms with Crippen LogP contribution in [-0.4, -0.2) is 31.2 Å². The average molecular weight is 195 g/mol. The van der Waals surface area contributed by atoms with Gasteiger partial charge in [0, 0.05) is 0 Å². The van der Waals surface area contributed by atoms with Crippen molar-refractivity contribution in [2.45, 2.75) is 6.54 Å². The number of nitrogens with zero attached hydrogens (tertiary/aromatic N) is 3. The summed E-state index contributed by atoms with van der Waals surface area (Å²) in [6.45, 7) is 0.178. The van der Waals surface area contributed by atoms with Gasteiger partial charge in [-0.25, -0.2) is 4.98 Å². The topological polar surface area (TPSA) is 110 Å². The number of aromatic nitrogens is 4. The fourth-order valence-corrected chi connectivity index (χ4v) is 1.30. The molecule has 7 heteroatoms. The van der Waals surface area contributed by atoms with Crippen LogP contribution in [0.5, 0.6) is 0 Å². The third kappa shape index (κ3) is 1.14. The average Bonchev–Trinajstić information content (AvgIpc) is 2.60. The fraction of sp³-hybridized carbons (Fsp3) is 0.286. The summed E-state index contributed by atoms with van der Waals surface area (Å²) in [5, 5.41) is 8.79. The van der Waals surface area contributed by atoms with Gasteiger partial charge >= 0.3 is 5.56 Å². The molecule has 2 rings (SSSR count). The van der Waals surface area contributed by atoms with E-state index in [4.69, 9.17) is 10.8 Å².